The van der Waals surface area contributed by atoms with Gasteiger partial charge in [0.1, 0.15) is 0 Å². The number of halogens is 2. The van der Waals surface area contributed by atoms with Crippen LogP contribution in [0.3, 0.4) is 0 Å². The van der Waals surface area contributed by atoms with Crippen molar-refractivity contribution in [3.8, 4) is 12.3 Å². The van der Waals surface area contributed by atoms with Gasteiger partial charge in [-0.1, -0.05) is 38.0 Å². The summed E-state index contributed by atoms with van der Waals surface area (Å²) in [6.07, 6.45) is 18.5. The quantitative estimate of drug-likeness (QED) is 0.313. The van der Waals surface area contributed by atoms with Crippen molar-refractivity contribution in [3.63, 3.8) is 0 Å². The SMILES string of the molecule is C#CC(C)(C)C.CC1=NC=C=CC/C=C\1C1=Nc2cc(F)c(F)cc2C=CC1.CC1CC1.[HH]. The van der Waals surface area contributed by atoms with Crippen molar-refractivity contribution in [1.82, 2.24) is 0 Å². The first-order valence-electron chi connectivity index (χ1n) is 11.0. The summed E-state index contributed by atoms with van der Waals surface area (Å²) in [5, 5.41) is 0. The number of hydrogen-bond donors (Lipinski definition) is 0. The Morgan fingerprint density at radius 3 is 2.41 bits per heavy atom. The Hall–Kier alpha value is -3.02. The Kier molecular flexibility index (Phi) is 9.12. The molecule has 0 unspecified atom stereocenters. The average Bonchev–Trinajstić information content (AvgIpc) is 3.52. The molecule has 1 aromatic carbocycles. The van der Waals surface area contributed by atoms with Crippen LogP contribution in [0.15, 0.2) is 57.8 Å². The van der Waals surface area contributed by atoms with Gasteiger partial charge in [-0.15, -0.1) is 18.1 Å². The predicted molar refractivity (Wildman–Crippen MR) is 134 cm³/mol. The van der Waals surface area contributed by atoms with Gasteiger partial charge in [0.05, 0.1) is 17.6 Å². The van der Waals surface area contributed by atoms with E-state index in [0.29, 0.717) is 17.7 Å². The Labute approximate surface area is 192 Å². The molecule has 2 nitrogen and oxygen atoms in total. The molecule has 0 aromatic heterocycles. The number of aliphatic imine (C=N–C) groups is 2. The number of hydrogen-bond acceptors (Lipinski definition) is 2. The van der Waals surface area contributed by atoms with E-state index in [4.69, 9.17) is 6.42 Å². The minimum atomic E-state index is -0.889. The fourth-order valence-electron chi connectivity index (χ4n) is 2.58. The maximum absolute atomic E-state index is 13.5. The summed E-state index contributed by atoms with van der Waals surface area (Å²) >= 11 is 0. The molecule has 0 saturated heterocycles. The first-order chi connectivity index (χ1) is 15.1. The highest BCUT2D eigenvalue weighted by Gasteiger charge is 2.15. The van der Waals surface area contributed by atoms with Gasteiger partial charge in [-0.05, 0) is 52.2 Å². The molecule has 0 atom stereocenters. The van der Waals surface area contributed by atoms with Gasteiger partial charge in [0.25, 0.3) is 0 Å². The van der Waals surface area contributed by atoms with E-state index < -0.39 is 11.6 Å². The third kappa shape index (κ3) is 8.61. The second-order valence-electron chi connectivity index (χ2n) is 9.13. The molecule has 170 valence electrons. The predicted octanol–water partition coefficient (Wildman–Crippen LogP) is 8.24. The molecule has 2 heterocycles. The molecule has 0 amide bonds. The summed E-state index contributed by atoms with van der Waals surface area (Å²) in [7, 11) is 0. The molecule has 1 aromatic rings. The van der Waals surface area contributed by atoms with Crippen LogP contribution in [0.2, 0.25) is 0 Å². The van der Waals surface area contributed by atoms with Crippen molar-refractivity contribution in [3.05, 3.63) is 65.1 Å². The highest BCUT2D eigenvalue weighted by atomic mass is 19.2. The van der Waals surface area contributed by atoms with Gasteiger partial charge >= 0.3 is 0 Å². The van der Waals surface area contributed by atoms with Crippen LogP contribution in [-0.4, -0.2) is 11.4 Å². The van der Waals surface area contributed by atoms with Crippen LogP contribution in [0.5, 0.6) is 0 Å². The monoisotopic (exact) mass is 436 g/mol. The third-order valence-electron chi connectivity index (χ3n) is 4.82. The largest absolute Gasteiger partial charge is 0.253 e. The first-order valence-corrected chi connectivity index (χ1v) is 11.0. The van der Waals surface area contributed by atoms with E-state index in [-0.39, 0.29) is 6.84 Å². The van der Waals surface area contributed by atoms with E-state index in [1.165, 1.54) is 18.9 Å². The highest BCUT2D eigenvalue weighted by Crippen LogP contribution is 2.29. The van der Waals surface area contributed by atoms with Crippen molar-refractivity contribution in [2.45, 2.75) is 60.3 Å². The third-order valence-corrected chi connectivity index (χ3v) is 4.82. The molecule has 0 N–H and O–H groups in total. The summed E-state index contributed by atoms with van der Waals surface area (Å²) in [6.45, 7) is 10.2. The maximum atomic E-state index is 13.5. The molecule has 0 bridgehead atoms. The number of terminal acetylenes is 1. The zero-order chi connectivity index (χ0) is 23.7. The Morgan fingerprint density at radius 1 is 1.19 bits per heavy atom. The lowest BCUT2D eigenvalue weighted by atomic mass is 9.99. The van der Waals surface area contributed by atoms with Gasteiger partial charge in [0, 0.05) is 36.2 Å². The van der Waals surface area contributed by atoms with Gasteiger partial charge in [0.15, 0.2) is 11.6 Å². The van der Waals surface area contributed by atoms with Crippen LogP contribution in [0.25, 0.3) is 6.08 Å². The van der Waals surface area contributed by atoms with Gasteiger partial charge in [0.2, 0.25) is 0 Å². The molecule has 0 spiro atoms. The van der Waals surface area contributed by atoms with Crippen LogP contribution in [0, 0.1) is 35.3 Å². The van der Waals surface area contributed by atoms with Crippen LogP contribution in [-0.2, 0) is 0 Å². The van der Waals surface area contributed by atoms with Crippen molar-refractivity contribution in [2.75, 3.05) is 0 Å². The zero-order valence-electron chi connectivity index (χ0n) is 19.7. The van der Waals surface area contributed by atoms with Crippen molar-refractivity contribution in [1.29, 1.82) is 0 Å². The fraction of sp³-hybridized carbons (Fsp3) is 0.393. The number of fused-ring (bicyclic) bond motifs is 1. The molecule has 3 aliphatic rings. The lowest BCUT2D eigenvalue weighted by Gasteiger charge is -2.10. The van der Waals surface area contributed by atoms with E-state index in [1.807, 2.05) is 45.9 Å². The van der Waals surface area contributed by atoms with Crippen LogP contribution >= 0.6 is 0 Å². The molecule has 2 aliphatic heterocycles. The van der Waals surface area contributed by atoms with Crippen molar-refractivity contribution >= 4 is 23.2 Å². The molecule has 1 saturated carbocycles. The summed E-state index contributed by atoms with van der Waals surface area (Å²) in [5.74, 6) is 1.94. The zero-order valence-corrected chi connectivity index (χ0v) is 19.7. The maximum Gasteiger partial charge on any atom is 0.161 e. The van der Waals surface area contributed by atoms with E-state index in [2.05, 4.69) is 28.6 Å². The number of rotatable bonds is 1. The Balaban J connectivity index is 0.000000413. The normalized spacial score (nSPS) is 18.5. The summed E-state index contributed by atoms with van der Waals surface area (Å²) < 4.78 is 26.8. The number of allylic oxidation sites excluding steroid dienone is 4. The number of nitrogens with zero attached hydrogens (tertiary/aromatic N) is 2. The first kappa shape index (κ1) is 25.2. The average molecular weight is 437 g/mol. The van der Waals surface area contributed by atoms with Gasteiger partial charge in [-0.3, -0.25) is 9.98 Å². The van der Waals surface area contributed by atoms with Crippen molar-refractivity contribution < 1.29 is 10.2 Å². The van der Waals surface area contributed by atoms with E-state index >= 15 is 0 Å². The highest BCUT2D eigenvalue weighted by molar-refractivity contribution is 6.25. The molecule has 4 heteroatoms. The Morgan fingerprint density at radius 2 is 1.81 bits per heavy atom. The van der Waals surface area contributed by atoms with Gasteiger partial charge in [-0.25, -0.2) is 8.78 Å². The summed E-state index contributed by atoms with van der Waals surface area (Å²) in [6, 6.07) is 2.31. The standard InChI is InChI=1S/C18H14F2N2.C6H10.C4H8.H2/c1-12-14(7-3-2-4-9-21-12)17-8-5-6-13-10-15(19)16(20)11-18(13)22-17;1-5-6(2,3)4;1-4-2-3-4;/h2,5-7,9-11H,3,8H2,1H3;1H,2-4H3;4H,2-3H2,1H3;1H/b14-7+,21-12?;;;. The topological polar surface area (TPSA) is 24.7 Å². The number of benzene rings is 1. The van der Waals surface area contributed by atoms with E-state index in [9.17, 15) is 8.78 Å². The fourth-order valence-corrected chi connectivity index (χ4v) is 2.58. The Bertz CT molecular complexity index is 1050. The second-order valence-corrected chi connectivity index (χ2v) is 9.13. The molecule has 0 radical (unpaired) electrons. The lowest BCUT2D eigenvalue weighted by molar-refractivity contribution is 0.509. The summed E-state index contributed by atoms with van der Waals surface area (Å²) in [4.78, 5) is 8.84. The van der Waals surface area contributed by atoms with Crippen LogP contribution in [0.4, 0.5) is 14.5 Å². The van der Waals surface area contributed by atoms with Gasteiger partial charge in [-0.2, -0.15) is 0 Å². The lowest BCUT2D eigenvalue weighted by Crippen LogP contribution is -2.10. The van der Waals surface area contributed by atoms with Crippen LogP contribution in [0.1, 0.15) is 67.3 Å². The van der Waals surface area contributed by atoms with Gasteiger partial charge < -0.3 is 0 Å². The molecular formula is C28H34F2N2. The smallest absolute Gasteiger partial charge is 0.161 e. The van der Waals surface area contributed by atoms with E-state index in [1.54, 1.807) is 12.3 Å². The molecule has 1 aliphatic carbocycles. The molecule has 1 fully saturated rings. The minimum Gasteiger partial charge on any atom is -0.253 e. The second kappa shape index (κ2) is 11.6. The van der Waals surface area contributed by atoms with Crippen molar-refractivity contribution in [2.24, 2.45) is 21.3 Å². The summed E-state index contributed by atoms with van der Waals surface area (Å²) in [5.41, 5.74) is 6.59. The van der Waals surface area contributed by atoms with Crippen LogP contribution < -0.4 is 0 Å². The molecule has 32 heavy (non-hydrogen) atoms. The molecular weight excluding hydrogens is 402 g/mol. The molecule has 4 rings (SSSR count). The minimum absolute atomic E-state index is 0. The van der Waals surface area contributed by atoms with E-state index in [0.717, 1.165) is 35.4 Å².